The first-order chi connectivity index (χ1) is 11.3. The molecule has 0 saturated carbocycles. The Bertz CT molecular complexity index is 507. The molecule has 2 fully saturated rings. The molecule has 1 aromatic heterocycles. The Labute approximate surface area is 147 Å². The molecular formula is C20H33N3O. The fourth-order valence-electron chi connectivity index (χ4n) is 4.63. The normalized spacial score (nSPS) is 26.8. The van der Waals surface area contributed by atoms with Crippen molar-refractivity contribution in [3.8, 4) is 0 Å². The van der Waals surface area contributed by atoms with E-state index in [4.69, 9.17) is 4.74 Å². The lowest BCUT2D eigenvalue weighted by molar-refractivity contribution is 0.0485. The molecule has 1 N–H and O–H groups in total. The summed E-state index contributed by atoms with van der Waals surface area (Å²) in [5.41, 5.74) is 1.51. The van der Waals surface area contributed by atoms with Gasteiger partial charge in [0.15, 0.2) is 0 Å². The average Bonchev–Trinajstić information content (AvgIpc) is 2.97. The van der Waals surface area contributed by atoms with E-state index in [-0.39, 0.29) is 11.1 Å². The molecule has 0 spiro atoms. The number of pyridine rings is 1. The smallest absolute Gasteiger partial charge is 0.0544 e. The van der Waals surface area contributed by atoms with Crippen molar-refractivity contribution in [1.29, 1.82) is 0 Å². The lowest BCUT2D eigenvalue weighted by Crippen LogP contribution is -2.62. The molecule has 3 heterocycles. The highest BCUT2D eigenvalue weighted by Gasteiger charge is 2.40. The molecule has 4 heteroatoms. The first-order valence-electron chi connectivity index (χ1n) is 9.34. The van der Waals surface area contributed by atoms with Gasteiger partial charge in [-0.2, -0.15) is 0 Å². The van der Waals surface area contributed by atoms with Crippen LogP contribution in [0.3, 0.4) is 0 Å². The SMILES string of the molecule is CC1(C)CC(N(Cc2ccccn2)C[C@@H]2CCOC2)CC(C)(C)N1. The number of piperidine rings is 1. The number of nitrogens with one attached hydrogen (secondary N) is 1. The molecule has 134 valence electrons. The highest BCUT2D eigenvalue weighted by atomic mass is 16.5. The molecule has 2 aliphatic heterocycles. The Balaban J connectivity index is 1.77. The third-order valence-electron chi connectivity index (χ3n) is 5.29. The quantitative estimate of drug-likeness (QED) is 0.899. The number of rotatable bonds is 5. The van der Waals surface area contributed by atoms with E-state index >= 15 is 0 Å². The molecule has 4 nitrogen and oxygen atoms in total. The first kappa shape index (κ1) is 17.8. The maximum atomic E-state index is 5.62. The van der Waals surface area contributed by atoms with Crippen LogP contribution in [-0.4, -0.2) is 46.8 Å². The van der Waals surface area contributed by atoms with Gasteiger partial charge in [-0.25, -0.2) is 0 Å². The number of aromatic nitrogens is 1. The van der Waals surface area contributed by atoms with Gasteiger partial charge in [-0.1, -0.05) is 6.07 Å². The summed E-state index contributed by atoms with van der Waals surface area (Å²) >= 11 is 0. The Kier molecular flexibility index (Phi) is 5.28. The Morgan fingerprint density at radius 3 is 2.54 bits per heavy atom. The maximum Gasteiger partial charge on any atom is 0.0544 e. The van der Waals surface area contributed by atoms with E-state index < -0.39 is 0 Å². The van der Waals surface area contributed by atoms with Crippen LogP contribution < -0.4 is 5.32 Å². The van der Waals surface area contributed by atoms with E-state index in [9.17, 15) is 0 Å². The van der Waals surface area contributed by atoms with Gasteiger partial charge >= 0.3 is 0 Å². The monoisotopic (exact) mass is 331 g/mol. The molecule has 1 atom stereocenters. The predicted octanol–water partition coefficient (Wildman–Crippen LogP) is 3.23. The standard InChI is InChI=1S/C20H33N3O/c1-19(2)11-18(12-20(3,4)22-19)23(13-16-8-10-24-15-16)14-17-7-5-6-9-21-17/h5-7,9,16,18,22H,8,10-15H2,1-4H3/t16-/m0/s1. The van der Waals surface area contributed by atoms with Crippen molar-refractivity contribution in [2.24, 2.45) is 5.92 Å². The van der Waals surface area contributed by atoms with Crippen LogP contribution in [0.25, 0.3) is 0 Å². The largest absolute Gasteiger partial charge is 0.381 e. The minimum absolute atomic E-state index is 0.168. The van der Waals surface area contributed by atoms with Crippen molar-refractivity contribution in [2.45, 2.75) is 70.6 Å². The van der Waals surface area contributed by atoms with Gasteiger partial charge in [0.2, 0.25) is 0 Å². The fraction of sp³-hybridized carbons (Fsp3) is 0.750. The van der Waals surface area contributed by atoms with E-state index in [1.165, 1.54) is 25.0 Å². The van der Waals surface area contributed by atoms with E-state index in [0.29, 0.717) is 12.0 Å². The van der Waals surface area contributed by atoms with Gasteiger partial charge in [0.25, 0.3) is 0 Å². The van der Waals surface area contributed by atoms with Crippen LogP contribution in [0.5, 0.6) is 0 Å². The van der Waals surface area contributed by atoms with E-state index in [1.54, 1.807) is 0 Å². The van der Waals surface area contributed by atoms with E-state index in [2.05, 4.69) is 55.0 Å². The van der Waals surface area contributed by atoms with Crippen molar-refractivity contribution in [1.82, 2.24) is 15.2 Å². The second kappa shape index (κ2) is 7.11. The van der Waals surface area contributed by atoms with Crippen molar-refractivity contribution in [2.75, 3.05) is 19.8 Å². The molecule has 0 amide bonds. The summed E-state index contributed by atoms with van der Waals surface area (Å²) in [5, 5.41) is 3.81. The lowest BCUT2D eigenvalue weighted by atomic mass is 9.78. The average molecular weight is 332 g/mol. The molecule has 3 rings (SSSR count). The van der Waals surface area contributed by atoms with Gasteiger partial charge < -0.3 is 10.1 Å². The Hall–Kier alpha value is -0.970. The summed E-state index contributed by atoms with van der Waals surface area (Å²) in [6.45, 7) is 13.2. The third-order valence-corrected chi connectivity index (χ3v) is 5.29. The van der Waals surface area contributed by atoms with Crippen molar-refractivity contribution in [3.63, 3.8) is 0 Å². The summed E-state index contributed by atoms with van der Waals surface area (Å²) in [7, 11) is 0. The van der Waals surface area contributed by atoms with E-state index in [1.807, 2.05) is 12.3 Å². The van der Waals surface area contributed by atoms with Gasteiger partial charge in [-0.3, -0.25) is 9.88 Å². The van der Waals surface area contributed by atoms with Gasteiger partial charge in [-0.15, -0.1) is 0 Å². The summed E-state index contributed by atoms with van der Waals surface area (Å²) in [5.74, 6) is 0.662. The van der Waals surface area contributed by atoms with Crippen LogP contribution in [-0.2, 0) is 11.3 Å². The van der Waals surface area contributed by atoms with Gasteiger partial charge in [-0.05, 0) is 65.0 Å². The van der Waals surface area contributed by atoms with Crippen molar-refractivity contribution >= 4 is 0 Å². The molecule has 0 unspecified atom stereocenters. The predicted molar refractivity (Wildman–Crippen MR) is 97.9 cm³/mol. The minimum atomic E-state index is 0.168. The second-order valence-corrected chi connectivity index (χ2v) is 8.93. The second-order valence-electron chi connectivity index (χ2n) is 8.93. The zero-order chi connectivity index (χ0) is 17.2. The van der Waals surface area contributed by atoms with Crippen LogP contribution >= 0.6 is 0 Å². The molecule has 0 aliphatic carbocycles. The molecule has 2 aliphatic rings. The minimum Gasteiger partial charge on any atom is -0.381 e. The number of ether oxygens (including phenoxy) is 1. The van der Waals surface area contributed by atoms with Crippen molar-refractivity contribution in [3.05, 3.63) is 30.1 Å². The highest BCUT2D eigenvalue weighted by Crippen LogP contribution is 2.33. The fourth-order valence-corrected chi connectivity index (χ4v) is 4.63. The molecule has 1 aromatic rings. The Morgan fingerprint density at radius 2 is 1.96 bits per heavy atom. The summed E-state index contributed by atoms with van der Waals surface area (Å²) in [4.78, 5) is 7.24. The zero-order valence-corrected chi connectivity index (χ0v) is 15.7. The van der Waals surface area contributed by atoms with Gasteiger partial charge in [0.05, 0.1) is 12.3 Å². The summed E-state index contributed by atoms with van der Waals surface area (Å²) in [6, 6.07) is 6.82. The Morgan fingerprint density at radius 1 is 1.21 bits per heavy atom. The highest BCUT2D eigenvalue weighted by molar-refractivity contribution is 5.06. The molecule has 0 aromatic carbocycles. The summed E-state index contributed by atoms with van der Waals surface area (Å²) < 4.78 is 5.62. The van der Waals surface area contributed by atoms with Gasteiger partial charge in [0, 0.05) is 43.0 Å². The van der Waals surface area contributed by atoms with Crippen LogP contribution in [0.4, 0.5) is 0 Å². The van der Waals surface area contributed by atoms with E-state index in [0.717, 1.165) is 26.3 Å². The molecule has 0 bridgehead atoms. The van der Waals surface area contributed by atoms with Crippen LogP contribution in [0.15, 0.2) is 24.4 Å². The van der Waals surface area contributed by atoms with Crippen LogP contribution in [0, 0.1) is 5.92 Å². The maximum absolute atomic E-state index is 5.62. The number of nitrogens with zero attached hydrogens (tertiary/aromatic N) is 2. The first-order valence-corrected chi connectivity index (χ1v) is 9.34. The molecule has 0 radical (unpaired) electrons. The van der Waals surface area contributed by atoms with Crippen LogP contribution in [0.2, 0.25) is 0 Å². The van der Waals surface area contributed by atoms with Gasteiger partial charge in [0.1, 0.15) is 0 Å². The molecular weight excluding hydrogens is 298 g/mol. The molecule has 24 heavy (non-hydrogen) atoms. The topological polar surface area (TPSA) is 37.4 Å². The number of hydrogen-bond donors (Lipinski definition) is 1. The van der Waals surface area contributed by atoms with Crippen LogP contribution in [0.1, 0.15) is 52.7 Å². The molecule has 2 saturated heterocycles. The summed E-state index contributed by atoms with van der Waals surface area (Å²) in [6.07, 6.45) is 5.45. The number of hydrogen-bond acceptors (Lipinski definition) is 4. The third kappa shape index (κ3) is 4.78. The lowest BCUT2D eigenvalue weighted by Gasteiger charge is -2.50. The zero-order valence-electron chi connectivity index (χ0n) is 15.7. The van der Waals surface area contributed by atoms with Crippen molar-refractivity contribution < 1.29 is 4.74 Å².